The van der Waals surface area contributed by atoms with Gasteiger partial charge >= 0.3 is 0 Å². The minimum atomic E-state index is -0.545. The van der Waals surface area contributed by atoms with Crippen LogP contribution in [0.4, 0.5) is 11.4 Å². The Hall–Kier alpha value is -1.81. The summed E-state index contributed by atoms with van der Waals surface area (Å²) in [5.41, 5.74) is 8.21. The molecule has 2 aromatic rings. The number of benzene rings is 1. The summed E-state index contributed by atoms with van der Waals surface area (Å²) in [5.74, 6) is 0. The second kappa shape index (κ2) is 4.94. The summed E-state index contributed by atoms with van der Waals surface area (Å²) in [4.78, 5) is 6.73. The minimum absolute atomic E-state index is 0.545. The zero-order chi connectivity index (χ0) is 14.2. The molecule has 1 aliphatic heterocycles. The minimum Gasteiger partial charge on any atom is -0.397 e. The SMILES string of the molecule is CC1(O)CCCN(c2ccnc3c(N)cccc23)CC1. The van der Waals surface area contributed by atoms with Gasteiger partial charge in [0, 0.05) is 30.4 Å². The first-order chi connectivity index (χ1) is 9.57. The highest BCUT2D eigenvalue weighted by atomic mass is 16.3. The van der Waals surface area contributed by atoms with E-state index in [9.17, 15) is 5.11 Å². The van der Waals surface area contributed by atoms with Crippen molar-refractivity contribution in [2.75, 3.05) is 23.7 Å². The molecule has 0 radical (unpaired) electrons. The number of para-hydroxylation sites is 1. The highest BCUT2D eigenvalue weighted by Crippen LogP contribution is 2.31. The number of hydrogen-bond acceptors (Lipinski definition) is 4. The number of aliphatic hydroxyl groups is 1. The zero-order valence-corrected chi connectivity index (χ0v) is 11.8. The lowest BCUT2D eigenvalue weighted by Crippen LogP contribution is -2.28. The normalized spacial score (nSPS) is 23.8. The van der Waals surface area contributed by atoms with Crippen LogP contribution in [-0.2, 0) is 0 Å². The number of hydrogen-bond donors (Lipinski definition) is 2. The van der Waals surface area contributed by atoms with E-state index in [0.717, 1.165) is 43.3 Å². The average molecular weight is 271 g/mol. The van der Waals surface area contributed by atoms with Crippen molar-refractivity contribution in [3.05, 3.63) is 30.5 Å². The molecular formula is C16H21N3O. The quantitative estimate of drug-likeness (QED) is 0.782. The zero-order valence-electron chi connectivity index (χ0n) is 11.8. The summed E-state index contributed by atoms with van der Waals surface area (Å²) < 4.78 is 0. The number of nitrogen functional groups attached to an aromatic ring is 1. The van der Waals surface area contributed by atoms with Gasteiger partial charge in [-0.2, -0.15) is 0 Å². The summed E-state index contributed by atoms with van der Waals surface area (Å²) >= 11 is 0. The van der Waals surface area contributed by atoms with Gasteiger partial charge in [-0.05, 0) is 38.3 Å². The number of rotatable bonds is 1. The van der Waals surface area contributed by atoms with E-state index >= 15 is 0 Å². The fraction of sp³-hybridized carbons (Fsp3) is 0.438. The smallest absolute Gasteiger partial charge is 0.0951 e. The summed E-state index contributed by atoms with van der Waals surface area (Å²) in [6.45, 7) is 3.75. The molecule has 1 aromatic carbocycles. The van der Waals surface area contributed by atoms with Gasteiger partial charge in [0.25, 0.3) is 0 Å². The summed E-state index contributed by atoms with van der Waals surface area (Å²) in [6, 6.07) is 7.96. The van der Waals surface area contributed by atoms with E-state index in [0.29, 0.717) is 5.69 Å². The largest absolute Gasteiger partial charge is 0.397 e. The van der Waals surface area contributed by atoms with Crippen LogP contribution in [0.25, 0.3) is 10.9 Å². The first-order valence-corrected chi connectivity index (χ1v) is 7.17. The van der Waals surface area contributed by atoms with Gasteiger partial charge in [-0.1, -0.05) is 12.1 Å². The first-order valence-electron chi connectivity index (χ1n) is 7.17. The topological polar surface area (TPSA) is 62.4 Å². The van der Waals surface area contributed by atoms with Crippen molar-refractivity contribution in [2.24, 2.45) is 0 Å². The Morgan fingerprint density at radius 1 is 1.25 bits per heavy atom. The molecule has 4 nitrogen and oxygen atoms in total. The predicted molar refractivity (Wildman–Crippen MR) is 82.8 cm³/mol. The van der Waals surface area contributed by atoms with Crippen LogP contribution in [0.5, 0.6) is 0 Å². The number of anilines is 2. The average Bonchev–Trinajstić information content (AvgIpc) is 2.60. The van der Waals surface area contributed by atoms with Gasteiger partial charge in [0.2, 0.25) is 0 Å². The van der Waals surface area contributed by atoms with Crippen LogP contribution in [0.3, 0.4) is 0 Å². The molecule has 4 heteroatoms. The van der Waals surface area contributed by atoms with E-state index in [1.165, 1.54) is 5.69 Å². The second-order valence-electron chi connectivity index (χ2n) is 5.91. The van der Waals surface area contributed by atoms with E-state index in [1.807, 2.05) is 31.3 Å². The maximum atomic E-state index is 10.2. The molecule has 3 rings (SSSR count). The van der Waals surface area contributed by atoms with Crippen molar-refractivity contribution in [1.29, 1.82) is 0 Å². The molecule has 2 heterocycles. The van der Waals surface area contributed by atoms with Gasteiger partial charge in [-0.15, -0.1) is 0 Å². The molecule has 20 heavy (non-hydrogen) atoms. The number of nitrogens with two attached hydrogens (primary N) is 1. The summed E-state index contributed by atoms with van der Waals surface area (Å²) in [7, 11) is 0. The molecule has 0 saturated carbocycles. The Bertz CT molecular complexity index is 624. The van der Waals surface area contributed by atoms with Gasteiger partial charge in [-0.3, -0.25) is 4.98 Å². The van der Waals surface area contributed by atoms with Crippen LogP contribution < -0.4 is 10.6 Å². The lowest BCUT2D eigenvalue weighted by Gasteiger charge is -2.25. The Labute approximate surface area is 119 Å². The molecule has 1 aromatic heterocycles. The monoisotopic (exact) mass is 271 g/mol. The molecule has 1 fully saturated rings. The van der Waals surface area contributed by atoms with Crippen LogP contribution >= 0.6 is 0 Å². The van der Waals surface area contributed by atoms with Gasteiger partial charge in [-0.25, -0.2) is 0 Å². The van der Waals surface area contributed by atoms with E-state index in [-0.39, 0.29) is 0 Å². The third-order valence-corrected chi connectivity index (χ3v) is 4.18. The van der Waals surface area contributed by atoms with E-state index in [4.69, 9.17) is 5.73 Å². The molecule has 106 valence electrons. The van der Waals surface area contributed by atoms with Gasteiger partial charge in [0.1, 0.15) is 0 Å². The van der Waals surface area contributed by atoms with Crippen molar-refractivity contribution in [1.82, 2.24) is 4.98 Å². The number of nitrogens with zero attached hydrogens (tertiary/aromatic N) is 2. The van der Waals surface area contributed by atoms with Crippen LogP contribution in [0.15, 0.2) is 30.5 Å². The summed E-state index contributed by atoms with van der Waals surface area (Å²) in [6.07, 6.45) is 4.46. The lowest BCUT2D eigenvalue weighted by molar-refractivity contribution is 0.0481. The van der Waals surface area contributed by atoms with Crippen LogP contribution in [0, 0.1) is 0 Å². The van der Waals surface area contributed by atoms with Crippen molar-refractivity contribution >= 4 is 22.3 Å². The van der Waals surface area contributed by atoms with Gasteiger partial charge in [0.15, 0.2) is 0 Å². The predicted octanol–water partition coefficient (Wildman–Crippen LogP) is 2.56. The number of aromatic nitrogens is 1. The molecule has 1 unspecified atom stereocenters. The molecule has 0 spiro atoms. The van der Waals surface area contributed by atoms with Crippen LogP contribution in [0.2, 0.25) is 0 Å². The van der Waals surface area contributed by atoms with Crippen LogP contribution in [-0.4, -0.2) is 28.8 Å². The lowest BCUT2D eigenvalue weighted by atomic mass is 9.98. The van der Waals surface area contributed by atoms with Crippen molar-refractivity contribution in [3.63, 3.8) is 0 Å². The van der Waals surface area contributed by atoms with Crippen molar-refractivity contribution in [3.8, 4) is 0 Å². The molecule has 1 aliphatic rings. The van der Waals surface area contributed by atoms with E-state index < -0.39 is 5.60 Å². The van der Waals surface area contributed by atoms with Crippen LogP contribution in [0.1, 0.15) is 26.2 Å². The highest BCUT2D eigenvalue weighted by Gasteiger charge is 2.25. The fourth-order valence-electron chi connectivity index (χ4n) is 2.96. The molecule has 0 bridgehead atoms. The van der Waals surface area contributed by atoms with Crippen molar-refractivity contribution < 1.29 is 5.11 Å². The molecule has 0 amide bonds. The maximum absolute atomic E-state index is 10.2. The number of fused-ring (bicyclic) bond motifs is 1. The summed E-state index contributed by atoms with van der Waals surface area (Å²) in [5, 5.41) is 11.3. The first kappa shape index (κ1) is 13.2. The fourth-order valence-corrected chi connectivity index (χ4v) is 2.96. The van der Waals surface area contributed by atoms with Crippen molar-refractivity contribution in [2.45, 2.75) is 31.8 Å². The molecule has 1 atom stereocenters. The Balaban J connectivity index is 2.00. The second-order valence-corrected chi connectivity index (χ2v) is 5.91. The molecular weight excluding hydrogens is 250 g/mol. The standard InChI is InChI=1S/C16H21N3O/c1-16(20)7-3-10-19(11-8-16)14-6-9-18-15-12(14)4-2-5-13(15)17/h2,4-6,9,20H,3,7-8,10-11,17H2,1H3. The van der Waals surface area contributed by atoms with E-state index in [1.54, 1.807) is 0 Å². The highest BCUT2D eigenvalue weighted by molar-refractivity contribution is 5.98. The molecule has 3 N–H and O–H groups in total. The Morgan fingerprint density at radius 3 is 2.95 bits per heavy atom. The van der Waals surface area contributed by atoms with Gasteiger partial charge in [0.05, 0.1) is 16.8 Å². The Morgan fingerprint density at radius 2 is 2.10 bits per heavy atom. The molecule has 0 aliphatic carbocycles. The third kappa shape index (κ3) is 2.43. The Kier molecular flexibility index (Phi) is 3.26. The maximum Gasteiger partial charge on any atom is 0.0951 e. The van der Waals surface area contributed by atoms with E-state index in [2.05, 4.69) is 16.0 Å². The molecule has 1 saturated heterocycles. The number of pyridine rings is 1. The third-order valence-electron chi connectivity index (χ3n) is 4.18. The van der Waals surface area contributed by atoms with Gasteiger partial charge < -0.3 is 15.7 Å².